The first-order valence-corrected chi connectivity index (χ1v) is 7.45. The van der Waals surface area contributed by atoms with E-state index in [0.29, 0.717) is 12.1 Å². The largest absolute Gasteiger partial charge is 0.481 e. The van der Waals surface area contributed by atoms with Crippen molar-refractivity contribution < 1.29 is 14.7 Å². The van der Waals surface area contributed by atoms with Crippen LogP contribution in [0.25, 0.3) is 10.9 Å². The zero-order valence-corrected chi connectivity index (χ0v) is 13.2. The molecule has 0 bridgehead atoms. The summed E-state index contributed by atoms with van der Waals surface area (Å²) < 4.78 is 1.92. The maximum absolute atomic E-state index is 12.8. The van der Waals surface area contributed by atoms with Crippen molar-refractivity contribution in [3.8, 4) is 0 Å². The lowest BCUT2D eigenvalue weighted by molar-refractivity contribution is -0.137. The van der Waals surface area contributed by atoms with E-state index in [4.69, 9.17) is 5.11 Å². The Kier molecular flexibility index (Phi) is 4.85. The summed E-state index contributed by atoms with van der Waals surface area (Å²) in [6, 6.07) is 7.74. The fraction of sp³-hybridized carbons (Fsp3) is 0.412. The minimum atomic E-state index is -0.889. The zero-order chi connectivity index (χ0) is 16.3. The van der Waals surface area contributed by atoms with E-state index in [1.807, 2.05) is 55.9 Å². The lowest BCUT2D eigenvalue weighted by Gasteiger charge is -2.23. The number of carboxylic acid groups (broad SMARTS) is 1. The van der Waals surface area contributed by atoms with Crippen molar-refractivity contribution in [3.05, 3.63) is 36.0 Å². The van der Waals surface area contributed by atoms with Gasteiger partial charge in [0.2, 0.25) is 0 Å². The highest BCUT2D eigenvalue weighted by atomic mass is 16.4. The molecular weight excluding hydrogens is 280 g/mol. The van der Waals surface area contributed by atoms with Crippen molar-refractivity contribution in [1.29, 1.82) is 0 Å². The van der Waals surface area contributed by atoms with Crippen molar-refractivity contribution in [2.75, 3.05) is 13.1 Å². The maximum atomic E-state index is 12.8. The predicted molar refractivity (Wildman–Crippen MR) is 85.9 cm³/mol. The third-order valence-electron chi connectivity index (χ3n) is 3.60. The number of hydrogen-bond donors (Lipinski definition) is 1. The molecular formula is C17H22N2O3. The number of nitrogens with zero attached hydrogens (tertiary/aromatic N) is 2. The van der Waals surface area contributed by atoms with Gasteiger partial charge in [0.05, 0.1) is 12.0 Å². The second-order valence-electron chi connectivity index (χ2n) is 5.96. The topological polar surface area (TPSA) is 62.5 Å². The van der Waals surface area contributed by atoms with Crippen LogP contribution < -0.4 is 0 Å². The average Bonchev–Trinajstić information content (AvgIpc) is 2.80. The molecule has 0 aliphatic carbocycles. The van der Waals surface area contributed by atoms with Gasteiger partial charge in [0, 0.05) is 37.2 Å². The van der Waals surface area contributed by atoms with Gasteiger partial charge in [-0.3, -0.25) is 9.59 Å². The number of aryl methyl sites for hydroxylation is 1. The Bertz CT molecular complexity index is 688. The quantitative estimate of drug-likeness (QED) is 0.892. The van der Waals surface area contributed by atoms with E-state index >= 15 is 0 Å². The van der Waals surface area contributed by atoms with Gasteiger partial charge >= 0.3 is 5.97 Å². The number of hydrogen-bond acceptors (Lipinski definition) is 2. The number of carbonyl (C=O) groups is 2. The number of rotatable bonds is 6. The minimum Gasteiger partial charge on any atom is -0.481 e. The molecule has 118 valence electrons. The summed E-state index contributed by atoms with van der Waals surface area (Å²) in [5, 5.41) is 9.78. The van der Waals surface area contributed by atoms with Crippen LogP contribution in [0.15, 0.2) is 30.5 Å². The molecule has 0 radical (unpaired) electrons. The molecule has 5 nitrogen and oxygen atoms in total. The summed E-state index contributed by atoms with van der Waals surface area (Å²) in [6.45, 7) is 4.82. The second-order valence-corrected chi connectivity index (χ2v) is 5.96. The molecule has 1 aromatic carbocycles. The highest BCUT2D eigenvalue weighted by Crippen LogP contribution is 2.22. The van der Waals surface area contributed by atoms with E-state index in [2.05, 4.69) is 0 Å². The van der Waals surface area contributed by atoms with Crippen molar-refractivity contribution in [2.45, 2.75) is 20.3 Å². The Hall–Kier alpha value is -2.30. The van der Waals surface area contributed by atoms with E-state index in [1.165, 1.54) is 0 Å². The van der Waals surface area contributed by atoms with Crippen LogP contribution in [0, 0.1) is 5.92 Å². The molecule has 1 amide bonds. The fourth-order valence-corrected chi connectivity index (χ4v) is 2.63. The molecule has 1 heterocycles. The average molecular weight is 302 g/mol. The molecule has 0 aliphatic heterocycles. The fourth-order valence-electron chi connectivity index (χ4n) is 2.63. The van der Waals surface area contributed by atoms with Crippen LogP contribution in [0.4, 0.5) is 0 Å². The minimum absolute atomic E-state index is 0.0385. The number of benzene rings is 1. The van der Waals surface area contributed by atoms with E-state index < -0.39 is 5.97 Å². The molecule has 2 rings (SSSR count). The summed E-state index contributed by atoms with van der Waals surface area (Å²) in [7, 11) is 1.91. The number of para-hydroxylation sites is 1. The summed E-state index contributed by atoms with van der Waals surface area (Å²) in [6.07, 6.45) is 1.78. The molecule has 1 aromatic heterocycles. The molecule has 2 aromatic rings. The van der Waals surface area contributed by atoms with Crippen molar-refractivity contribution in [1.82, 2.24) is 9.47 Å². The zero-order valence-electron chi connectivity index (χ0n) is 13.2. The Balaban J connectivity index is 2.33. The Morgan fingerprint density at radius 3 is 2.59 bits per heavy atom. The van der Waals surface area contributed by atoms with E-state index in [-0.39, 0.29) is 24.8 Å². The molecule has 0 saturated carbocycles. The van der Waals surface area contributed by atoms with Crippen molar-refractivity contribution in [3.63, 3.8) is 0 Å². The van der Waals surface area contributed by atoms with Crippen molar-refractivity contribution >= 4 is 22.8 Å². The third-order valence-corrected chi connectivity index (χ3v) is 3.60. The number of aromatic nitrogens is 1. The van der Waals surface area contributed by atoms with Gasteiger partial charge < -0.3 is 14.6 Å². The van der Waals surface area contributed by atoms with E-state index in [9.17, 15) is 9.59 Å². The predicted octanol–water partition coefficient (Wildman–Crippen LogP) is 2.75. The number of carboxylic acids is 1. The molecule has 0 aliphatic rings. The summed E-state index contributed by atoms with van der Waals surface area (Å²) in [5.74, 6) is -0.709. The van der Waals surface area contributed by atoms with Crippen LogP contribution in [0.5, 0.6) is 0 Å². The van der Waals surface area contributed by atoms with Crippen LogP contribution in [0.2, 0.25) is 0 Å². The highest BCUT2D eigenvalue weighted by Gasteiger charge is 2.21. The standard InChI is InChI=1S/C17H22N2O3/c1-12(2)10-19(9-8-16(20)21)17(22)14-11-18(3)15-7-5-4-6-13(14)15/h4-7,11-12H,8-10H2,1-3H3,(H,20,21). The van der Waals surface area contributed by atoms with Crippen LogP contribution in [0.3, 0.4) is 0 Å². The molecule has 0 spiro atoms. The molecule has 1 N–H and O–H groups in total. The van der Waals surface area contributed by atoms with Gasteiger partial charge in [0.25, 0.3) is 5.91 Å². The number of carbonyl (C=O) groups excluding carboxylic acids is 1. The van der Waals surface area contributed by atoms with Gasteiger partial charge in [0.15, 0.2) is 0 Å². The first kappa shape index (κ1) is 16.1. The van der Waals surface area contributed by atoms with Crippen molar-refractivity contribution in [2.24, 2.45) is 13.0 Å². The highest BCUT2D eigenvalue weighted by molar-refractivity contribution is 6.07. The summed E-state index contributed by atoms with van der Waals surface area (Å²) in [4.78, 5) is 25.3. The van der Waals surface area contributed by atoms with Crippen LogP contribution in [-0.2, 0) is 11.8 Å². The van der Waals surface area contributed by atoms with Gasteiger partial charge in [-0.05, 0) is 12.0 Å². The summed E-state index contributed by atoms with van der Waals surface area (Å²) >= 11 is 0. The Labute approximate surface area is 130 Å². The molecule has 22 heavy (non-hydrogen) atoms. The normalized spacial score (nSPS) is 11.1. The SMILES string of the molecule is CC(C)CN(CCC(=O)O)C(=O)c1cn(C)c2ccccc12. The molecule has 0 unspecified atom stereocenters. The maximum Gasteiger partial charge on any atom is 0.305 e. The lowest BCUT2D eigenvalue weighted by atomic mass is 10.1. The first-order chi connectivity index (χ1) is 10.4. The van der Waals surface area contributed by atoms with Gasteiger partial charge in [-0.2, -0.15) is 0 Å². The monoisotopic (exact) mass is 302 g/mol. The molecule has 5 heteroatoms. The van der Waals surface area contributed by atoms with Gasteiger partial charge in [-0.25, -0.2) is 0 Å². The first-order valence-electron chi connectivity index (χ1n) is 7.45. The summed E-state index contributed by atoms with van der Waals surface area (Å²) in [5.41, 5.74) is 1.62. The number of amides is 1. The number of fused-ring (bicyclic) bond motifs is 1. The van der Waals surface area contributed by atoms with Gasteiger partial charge in [0.1, 0.15) is 0 Å². The van der Waals surface area contributed by atoms with Gasteiger partial charge in [-0.1, -0.05) is 32.0 Å². The van der Waals surface area contributed by atoms with Crippen LogP contribution in [0.1, 0.15) is 30.6 Å². The molecule has 0 atom stereocenters. The smallest absolute Gasteiger partial charge is 0.305 e. The molecule has 0 saturated heterocycles. The number of aliphatic carboxylic acids is 1. The molecule has 0 fully saturated rings. The second kappa shape index (κ2) is 6.64. The van der Waals surface area contributed by atoms with Crippen LogP contribution in [-0.4, -0.2) is 39.5 Å². The lowest BCUT2D eigenvalue weighted by Crippen LogP contribution is -2.35. The van der Waals surface area contributed by atoms with Crippen LogP contribution >= 0.6 is 0 Å². The van der Waals surface area contributed by atoms with Gasteiger partial charge in [-0.15, -0.1) is 0 Å². The Morgan fingerprint density at radius 1 is 1.27 bits per heavy atom. The van der Waals surface area contributed by atoms with E-state index in [0.717, 1.165) is 10.9 Å². The Morgan fingerprint density at radius 2 is 1.95 bits per heavy atom. The third kappa shape index (κ3) is 3.47. The van der Waals surface area contributed by atoms with E-state index in [1.54, 1.807) is 4.90 Å².